The Hall–Kier alpha value is -1.78. The van der Waals surface area contributed by atoms with Crippen molar-refractivity contribution in [3.63, 3.8) is 0 Å². The third kappa shape index (κ3) is 3.85. The summed E-state index contributed by atoms with van der Waals surface area (Å²) in [6.07, 6.45) is 1.79. The first-order valence-electron chi connectivity index (χ1n) is 6.71. The van der Waals surface area contributed by atoms with E-state index in [4.69, 9.17) is 0 Å². The van der Waals surface area contributed by atoms with Gasteiger partial charge in [-0.1, -0.05) is 24.3 Å². The Morgan fingerprint density at radius 1 is 1.20 bits per heavy atom. The molecule has 0 fully saturated rings. The number of rotatable bonds is 6. The van der Waals surface area contributed by atoms with Gasteiger partial charge < -0.3 is 5.32 Å². The number of halogens is 1. The van der Waals surface area contributed by atoms with E-state index in [2.05, 4.69) is 15.2 Å². The Balaban J connectivity index is 2.01. The molecule has 1 aromatic heterocycles. The van der Waals surface area contributed by atoms with Gasteiger partial charge in [-0.05, 0) is 32.3 Å². The Morgan fingerprint density at radius 3 is 2.60 bits per heavy atom. The van der Waals surface area contributed by atoms with Crippen LogP contribution in [0.25, 0.3) is 0 Å². The van der Waals surface area contributed by atoms with Crippen LogP contribution < -0.4 is 5.32 Å². The summed E-state index contributed by atoms with van der Waals surface area (Å²) >= 11 is 0. The smallest absolute Gasteiger partial charge is 0.128 e. The van der Waals surface area contributed by atoms with Gasteiger partial charge in [-0.3, -0.25) is 9.88 Å². The van der Waals surface area contributed by atoms with Gasteiger partial charge in [0.15, 0.2) is 0 Å². The van der Waals surface area contributed by atoms with Crippen molar-refractivity contribution in [2.24, 2.45) is 0 Å². The van der Waals surface area contributed by atoms with Crippen LogP contribution in [0.4, 0.5) is 4.39 Å². The van der Waals surface area contributed by atoms with E-state index >= 15 is 0 Å². The van der Waals surface area contributed by atoms with E-state index in [1.165, 1.54) is 6.07 Å². The molecule has 4 heteroatoms. The van der Waals surface area contributed by atoms with Gasteiger partial charge in [0.2, 0.25) is 0 Å². The van der Waals surface area contributed by atoms with Gasteiger partial charge in [-0.25, -0.2) is 4.39 Å². The zero-order valence-electron chi connectivity index (χ0n) is 11.9. The second-order valence-electron chi connectivity index (χ2n) is 4.88. The van der Waals surface area contributed by atoms with Crippen molar-refractivity contribution < 1.29 is 4.39 Å². The Labute approximate surface area is 119 Å². The first-order valence-corrected chi connectivity index (χ1v) is 6.71. The third-order valence-corrected chi connectivity index (χ3v) is 3.28. The van der Waals surface area contributed by atoms with Gasteiger partial charge in [0.25, 0.3) is 0 Å². The van der Waals surface area contributed by atoms with Gasteiger partial charge in [0.1, 0.15) is 5.82 Å². The minimum Gasteiger partial charge on any atom is -0.312 e. The van der Waals surface area contributed by atoms with Gasteiger partial charge >= 0.3 is 0 Å². The number of aromatic nitrogens is 1. The summed E-state index contributed by atoms with van der Waals surface area (Å²) in [5.74, 6) is -0.168. The molecule has 3 nitrogen and oxygen atoms in total. The average Bonchev–Trinajstić information content (AvgIpc) is 2.46. The predicted octanol–water partition coefficient (Wildman–Crippen LogP) is 2.61. The number of likely N-dealkylation sites (N-methyl/N-ethyl adjacent to an activating group) is 2. The molecule has 1 N–H and O–H groups in total. The Kier molecular flexibility index (Phi) is 5.21. The molecule has 0 spiro atoms. The van der Waals surface area contributed by atoms with Crippen molar-refractivity contribution in [2.45, 2.75) is 12.6 Å². The Bertz CT molecular complexity index is 530. The molecular weight excluding hydrogens is 253 g/mol. The minimum absolute atomic E-state index is 0.0371. The normalized spacial score (nSPS) is 12.6. The zero-order valence-corrected chi connectivity index (χ0v) is 11.9. The second kappa shape index (κ2) is 7.12. The maximum atomic E-state index is 13.8. The van der Waals surface area contributed by atoms with Crippen molar-refractivity contribution in [1.82, 2.24) is 15.2 Å². The zero-order chi connectivity index (χ0) is 14.4. The van der Waals surface area contributed by atoms with Crippen LogP contribution in [0.5, 0.6) is 0 Å². The molecule has 1 atom stereocenters. The predicted molar refractivity (Wildman–Crippen MR) is 78.8 cm³/mol. The Morgan fingerprint density at radius 2 is 1.95 bits per heavy atom. The lowest BCUT2D eigenvalue weighted by molar-refractivity contribution is 0.283. The summed E-state index contributed by atoms with van der Waals surface area (Å²) in [7, 11) is 3.87. The summed E-state index contributed by atoms with van der Waals surface area (Å²) < 4.78 is 13.8. The molecule has 0 bridgehead atoms. The quantitative estimate of drug-likeness (QED) is 0.877. The molecule has 0 aliphatic heterocycles. The van der Waals surface area contributed by atoms with Crippen molar-refractivity contribution in [3.8, 4) is 0 Å². The van der Waals surface area contributed by atoms with E-state index in [9.17, 15) is 4.39 Å². The van der Waals surface area contributed by atoms with Gasteiger partial charge in [0, 0.05) is 30.9 Å². The number of nitrogens with zero attached hydrogens (tertiary/aromatic N) is 2. The SMILES string of the molecule is CNC(CN(C)Cc1ccccn1)c1ccccc1F. The molecule has 2 aromatic rings. The van der Waals surface area contributed by atoms with Crippen LogP contribution in [0.2, 0.25) is 0 Å². The highest BCUT2D eigenvalue weighted by molar-refractivity contribution is 5.21. The molecule has 0 saturated carbocycles. The lowest BCUT2D eigenvalue weighted by atomic mass is 10.1. The summed E-state index contributed by atoms with van der Waals surface area (Å²) in [5.41, 5.74) is 1.71. The number of nitrogens with one attached hydrogen (secondary N) is 1. The molecule has 106 valence electrons. The fourth-order valence-electron chi connectivity index (χ4n) is 2.25. The van der Waals surface area contributed by atoms with Crippen molar-refractivity contribution >= 4 is 0 Å². The van der Waals surface area contributed by atoms with Crippen molar-refractivity contribution in [3.05, 3.63) is 65.7 Å². The van der Waals surface area contributed by atoms with Crippen molar-refractivity contribution in [2.75, 3.05) is 20.6 Å². The van der Waals surface area contributed by atoms with Gasteiger partial charge in [-0.2, -0.15) is 0 Å². The molecule has 0 aliphatic rings. The number of benzene rings is 1. The van der Waals surface area contributed by atoms with Crippen LogP contribution in [-0.2, 0) is 6.54 Å². The fourth-order valence-corrected chi connectivity index (χ4v) is 2.25. The first-order chi connectivity index (χ1) is 9.70. The van der Waals surface area contributed by atoms with E-state index in [1.807, 2.05) is 44.4 Å². The maximum absolute atomic E-state index is 13.8. The van der Waals surface area contributed by atoms with Gasteiger partial charge in [-0.15, -0.1) is 0 Å². The average molecular weight is 273 g/mol. The first kappa shape index (κ1) is 14.6. The molecule has 1 heterocycles. The summed E-state index contributed by atoms with van der Waals surface area (Å²) in [5, 5.41) is 3.17. The van der Waals surface area contributed by atoms with Crippen LogP contribution in [0.15, 0.2) is 48.7 Å². The third-order valence-electron chi connectivity index (χ3n) is 3.28. The van der Waals surface area contributed by atoms with Crippen LogP contribution in [-0.4, -0.2) is 30.5 Å². The lowest BCUT2D eigenvalue weighted by Crippen LogP contribution is -2.31. The summed E-state index contributed by atoms with van der Waals surface area (Å²) in [4.78, 5) is 6.44. The highest BCUT2D eigenvalue weighted by Crippen LogP contribution is 2.17. The largest absolute Gasteiger partial charge is 0.312 e. The minimum atomic E-state index is -0.168. The fraction of sp³-hybridized carbons (Fsp3) is 0.312. The van der Waals surface area contributed by atoms with E-state index in [0.717, 1.165) is 12.2 Å². The van der Waals surface area contributed by atoms with Crippen LogP contribution in [0.1, 0.15) is 17.3 Å². The standard InChI is InChI=1S/C16H20FN3/c1-18-16(14-8-3-4-9-15(14)17)12-20(2)11-13-7-5-6-10-19-13/h3-10,16,18H,11-12H2,1-2H3. The van der Waals surface area contributed by atoms with E-state index in [1.54, 1.807) is 12.3 Å². The molecule has 0 aliphatic carbocycles. The van der Waals surface area contributed by atoms with Gasteiger partial charge in [0.05, 0.1) is 5.69 Å². The number of hydrogen-bond donors (Lipinski definition) is 1. The monoisotopic (exact) mass is 273 g/mol. The van der Waals surface area contributed by atoms with E-state index < -0.39 is 0 Å². The second-order valence-corrected chi connectivity index (χ2v) is 4.88. The lowest BCUT2D eigenvalue weighted by Gasteiger charge is -2.24. The van der Waals surface area contributed by atoms with E-state index in [0.29, 0.717) is 12.1 Å². The summed E-state index contributed by atoms with van der Waals surface area (Å²) in [6.45, 7) is 1.46. The highest BCUT2D eigenvalue weighted by Gasteiger charge is 2.15. The molecule has 0 saturated heterocycles. The molecule has 0 radical (unpaired) electrons. The summed E-state index contributed by atoms with van der Waals surface area (Å²) in [6, 6.07) is 12.7. The van der Waals surface area contributed by atoms with Crippen LogP contribution in [0, 0.1) is 5.82 Å². The molecule has 20 heavy (non-hydrogen) atoms. The maximum Gasteiger partial charge on any atom is 0.128 e. The molecule has 2 rings (SSSR count). The van der Waals surface area contributed by atoms with Crippen LogP contribution >= 0.6 is 0 Å². The number of hydrogen-bond acceptors (Lipinski definition) is 3. The van der Waals surface area contributed by atoms with Crippen molar-refractivity contribution in [1.29, 1.82) is 0 Å². The highest BCUT2D eigenvalue weighted by atomic mass is 19.1. The topological polar surface area (TPSA) is 28.2 Å². The molecule has 1 aromatic carbocycles. The molecule has 0 amide bonds. The number of pyridine rings is 1. The van der Waals surface area contributed by atoms with Crippen LogP contribution in [0.3, 0.4) is 0 Å². The molecule has 1 unspecified atom stereocenters. The van der Waals surface area contributed by atoms with E-state index in [-0.39, 0.29) is 11.9 Å². The molecular formula is C16H20FN3.